The van der Waals surface area contributed by atoms with E-state index in [0.717, 1.165) is 11.5 Å². The molecule has 2 rings (SSSR count). The first-order valence-corrected chi connectivity index (χ1v) is 6.31. The van der Waals surface area contributed by atoms with E-state index < -0.39 is 0 Å². The van der Waals surface area contributed by atoms with Crippen molar-refractivity contribution in [3.8, 4) is 0 Å². The SMILES string of the molecule is CCc1nnsc1C(=O)NC(C)c1nc(C)no1. The maximum absolute atomic E-state index is 12.0. The van der Waals surface area contributed by atoms with Crippen LogP contribution in [0.4, 0.5) is 0 Å². The molecule has 1 atom stereocenters. The Kier molecular flexibility index (Phi) is 3.66. The predicted octanol–water partition coefficient (Wildman–Crippen LogP) is 1.28. The third-order valence-electron chi connectivity index (χ3n) is 2.36. The van der Waals surface area contributed by atoms with E-state index in [0.29, 0.717) is 28.7 Å². The summed E-state index contributed by atoms with van der Waals surface area (Å²) in [5.41, 5.74) is 0.700. The largest absolute Gasteiger partial charge is 0.340 e. The Balaban J connectivity index is 2.08. The highest BCUT2D eigenvalue weighted by atomic mass is 32.1. The molecule has 0 spiro atoms. The molecule has 0 bridgehead atoms. The van der Waals surface area contributed by atoms with Gasteiger partial charge < -0.3 is 9.84 Å². The molecule has 96 valence electrons. The summed E-state index contributed by atoms with van der Waals surface area (Å²) in [5.74, 6) is 0.710. The molecule has 2 heterocycles. The zero-order valence-corrected chi connectivity index (χ0v) is 11.1. The maximum atomic E-state index is 12.0. The molecule has 0 aliphatic rings. The second-order valence-electron chi connectivity index (χ2n) is 3.78. The van der Waals surface area contributed by atoms with Crippen LogP contribution in [0.25, 0.3) is 0 Å². The fourth-order valence-electron chi connectivity index (χ4n) is 1.43. The van der Waals surface area contributed by atoms with Gasteiger partial charge in [-0.05, 0) is 31.8 Å². The summed E-state index contributed by atoms with van der Waals surface area (Å²) in [5, 5.41) is 10.4. The number of nitrogens with one attached hydrogen (secondary N) is 1. The summed E-state index contributed by atoms with van der Waals surface area (Å²) in [6, 6.07) is -0.342. The number of carbonyl (C=O) groups excluding carboxylic acids is 1. The number of carbonyl (C=O) groups is 1. The highest BCUT2D eigenvalue weighted by molar-refractivity contribution is 7.08. The molecule has 8 heteroatoms. The number of amides is 1. The zero-order valence-electron chi connectivity index (χ0n) is 10.3. The highest BCUT2D eigenvalue weighted by Crippen LogP contribution is 2.14. The Bertz CT molecular complexity index is 550. The molecule has 0 radical (unpaired) electrons. The van der Waals surface area contributed by atoms with Crippen LogP contribution in [0.5, 0.6) is 0 Å². The van der Waals surface area contributed by atoms with Crippen molar-refractivity contribution >= 4 is 17.4 Å². The Labute approximate surface area is 108 Å². The number of nitrogens with zero attached hydrogens (tertiary/aromatic N) is 4. The summed E-state index contributed by atoms with van der Waals surface area (Å²) in [6.45, 7) is 5.44. The van der Waals surface area contributed by atoms with Gasteiger partial charge in [-0.2, -0.15) is 4.98 Å². The fraction of sp³-hybridized carbons (Fsp3) is 0.500. The molecule has 0 aliphatic heterocycles. The average molecular weight is 267 g/mol. The van der Waals surface area contributed by atoms with Crippen LogP contribution in [0.1, 0.15) is 47.0 Å². The smallest absolute Gasteiger partial charge is 0.265 e. The molecule has 0 saturated heterocycles. The lowest BCUT2D eigenvalue weighted by molar-refractivity contribution is 0.0935. The molecule has 0 aromatic carbocycles. The molecule has 0 fully saturated rings. The number of hydrogen-bond donors (Lipinski definition) is 1. The van der Waals surface area contributed by atoms with E-state index in [1.807, 2.05) is 6.92 Å². The van der Waals surface area contributed by atoms with E-state index in [1.54, 1.807) is 13.8 Å². The Morgan fingerprint density at radius 3 is 2.94 bits per heavy atom. The summed E-state index contributed by atoms with van der Waals surface area (Å²) in [4.78, 5) is 16.6. The van der Waals surface area contributed by atoms with Crippen molar-refractivity contribution in [1.29, 1.82) is 0 Å². The number of aromatic nitrogens is 4. The van der Waals surface area contributed by atoms with Crippen LogP contribution < -0.4 is 5.32 Å². The summed E-state index contributed by atoms with van der Waals surface area (Å²) in [6.07, 6.45) is 0.674. The van der Waals surface area contributed by atoms with Crippen LogP contribution in [0, 0.1) is 6.92 Å². The topological polar surface area (TPSA) is 93.8 Å². The van der Waals surface area contributed by atoms with Crippen molar-refractivity contribution < 1.29 is 9.32 Å². The number of hydrogen-bond acceptors (Lipinski definition) is 7. The van der Waals surface area contributed by atoms with E-state index in [9.17, 15) is 4.79 Å². The summed E-state index contributed by atoms with van der Waals surface area (Å²) >= 11 is 1.08. The van der Waals surface area contributed by atoms with Crippen molar-refractivity contribution in [2.75, 3.05) is 0 Å². The third kappa shape index (κ3) is 2.53. The quantitative estimate of drug-likeness (QED) is 0.896. The molecule has 18 heavy (non-hydrogen) atoms. The van der Waals surface area contributed by atoms with Gasteiger partial charge in [-0.1, -0.05) is 16.6 Å². The first-order chi connectivity index (χ1) is 8.61. The average Bonchev–Trinajstić information content (AvgIpc) is 2.96. The molecule has 2 aromatic rings. The van der Waals surface area contributed by atoms with Crippen molar-refractivity contribution in [2.24, 2.45) is 0 Å². The standard InChI is InChI=1S/C10H13N5O2S/c1-4-7-8(18-15-13-7)9(16)11-5(2)10-12-6(3)14-17-10/h5H,4H2,1-3H3,(H,11,16). The minimum Gasteiger partial charge on any atom is -0.340 e. The van der Waals surface area contributed by atoms with Gasteiger partial charge in [0.25, 0.3) is 5.91 Å². The van der Waals surface area contributed by atoms with E-state index in [2.05, 4.69) is 25.0 Å². The summed E-state index contributed by atoms with van der Waals surface area (Å²) in [7, 11) is 0. The lowest BCUT2D eigenvalue weighted by Gasteiger charge is -2.08. The Hall–Kier alpha value is -1.83. The molecule has 0 aliphatic carbocycles. The molecule has 0 saturated carbocycles. The normalized spacial score (nSPS) is 12.4. The predicted molar refractivity (Wildman–Crippen MR) is 64.2 cm³/mol. The van der Waals surface area contributed by atoms with Gasteiger partial charge in [0.15, 0.2) is 5.82 Å². The van der Waals surface area contributed by atoms with Crippen molar-refractivity contribution in [3.63, 3.8) is 0 Å². The van der Waals surface area contributed by atoms with Crippen LogP contribution in [-0.2, 0) is 6.42 Å². The van der Waals surface area contributed by atoms with E-state index in [1.165, 1.54) is 0 Å². The minimum atomic E-state index is -0.342. The molecular formula is C10H13N5O2S. The van der Waals surface area contributed by atoms with E-state index in [-0.39, 0.29) is 11.9 Å². The monoisotopic (exact) mass is 267 g/mol. The van der Waals surface area contributed by atoms with Gasteiger partial charge in [0.2, 0.25) is 5.89 Å². The fourth-order valence-corrected chi connectivity index (χ4v) is 2.08. The second-order valence-corrected chi connectivity index (χ2v) is 4.53. The van der Waals surface area contributed by atoms with Crippen LogP contribution in [-0.4, -0.2) is 25.6 Å². The first-order valence-electron chi connectivity index (χ1n) is 5.54. The van der Waals surface area contributed by atoms with Crippen LogP contribution in [0.15, 0.2) is 4.52 Å². The molecule has 1 amide bonds. The van der Waals surface area contributed by atoms with Gasteiger partial charge in [0.1, 0.15) is 10.9 Å². The molecule has 7 nitrogen and oxygen atoms in total. The number of aryl methyl sites for hydroxylation is 2. The molecule has 1 N–H and O–H groups in total. The van der Waals surface area contributed by atoms with Gasteiger partial charge in [-0.3, -0.25) is 4.79 Å². The van der Waals surface area contributed by atoms with Gasteiger partial charge in [-0.15, -0.1) is 5.10 Å². The number of rotatable bonds is 4. The van der Waals surface area contributed by atoms with Crippen molar-refractivity contribution in [3.05, 3.63) is 22.3 Å². The maximum Gasteiger partial charge on any atom is 0.265 e. The van der Waals surface area contributed by atoms with Gasteiger partial charge in [0.05, 0.1) is 5.69 Å². The zero-order chi connectivity index (χ0) is 13.1. The summed E-state index contributed by atoms with van der Waals surface area (Å²) < 4.78 is 8.77. The minimum absolute atomic E-state index is 0.217. The van der Waals surface area contributed by atoms with Gasteiger partial charge >= 0.3 is 0 Å². The lowest BCUT2D eigenvalue weighted by atomic mass is 10.2. The van der Waals surface area contributed by atoms with Gasteiger partial charge in [-0.25, -0.2) is 0 Å². The van der Waals surface area contributed by atoms with Gasteiger partial charge in [0, 0.05) is 0 Å². The third-order valence-corrected chi connectivity index (χ3v) is 3.13. The molecule has 1 unspecified atom stereocenters. The van der Waals surface area contributed by atoms with E-state index in [4.69, 9.17) is 4.52 Å². The Morgan fingerprint density at radius 2 is 2.33 bits per heavy atom. The van der Waals surface area contributed by atoms with E-state index >= 15 is 0 Å². The first kappa shape index (κ1) is 12.6. The molecule has 2 aromatic heterocycles. The highest BCUT2D eigenvalue weighted by Gasteiger charge is 2.20. The van der Waals surface area contributed by atoms with Crippen LogP contribution >= 0.6 is 11.5 Å². The second kappa shape index (κ2) is 5.21. The molecular weight excluding hydrogens is 254 g/mol. The van der Waals surface area contributed by atoms with Crippen molar-refractivity contribution in [1.82, 2.24) is 25.0 Å². The van der Waals surface area contributed by atoms with Crippen LogP contribution in [0.2, 0.25) is 0 Å². The van der Waals surface area contributed by atoms with Crippen molar-refractivity contribution in [2.45, 2.75) is 33.2 Å². The lowest BCUT2D eigenvalue weighted by Crippen LogP contribution is -2.27. The Morgan fingerprint density at radius 1 is 1.56 bits per heavy atom. The van der Waals surface area contributed by atoms with Crippen LogP contribution in [0.3, 0.4) is 0 Å².